The number of amides is 1. The van der Waals surface area contributed by atoms with Gasteiger partial charge in [0, 0.05) is 6.54 Å². The zero-order valence-electron chi connectivity index (χ0n) is 13.2. The smallest absolute Gasteiger partial charge is 0.356 e. The van der Waals surface area contributed by atoms with Crippen LogP contribution in [0, 0.1) is 0 Å². The summed E-state index contributed by atoms with van der Waals surface area (Å²) in [6.07, 6.45) is 4.08. The molecule has 0 bridgehead atoms. The van der Waals surface area contributed by atoms with Gasteiger partial charge in [0.05, 0.1) is 25.5 Å². The van der Waals surface area contributed by atoms with E-state index in [0.29, 0.717) is 6.54 Å². The summed E-state index contributed by atoms with van der Waals surface area (Å²) >= 11 is 0. The summed E-state index contributed by atoms with van der Waals surface area (Å²) in [7, 11) is 1.61. The van der Waals surface area contributed by atoms with Crippen LogP contribution >= 0.6 is 0 Å². The predicted molar refractivity (Wildman–Crippen MR) is 85.0 cm³/mol. The van der Waals surface area contributed by atoms with Gasteiger partial charge in [0.1, 0.15) is 11.4 Å². The first-order chi connectivity index (χ1) is 11.6. The fourth-order valence-electron chi connectivity index (χ4n) is 2.90. The number of hydrogen-bond acceptors (Lipinski definition) is 5. The average Bonchev–Trinajstić information content (AvgIpc) is 3.11. The first-order valence-electron chi connectivity index (χ1n) is 7.60. The van der Waals surface area contributed by atoms with E-state index in [4.69, 9.17) is 9.84 Å². The SMILES string of the molecule is COc1cccc(C2CCCN2C(=O)c2cnc(C(=O)O)cn2)c1. The number of carbonyl (C=O) groups is 2. The molecule has 1 atom stereocenters. The Hall–Kier alpha value is -2.96. The van der Waals surface area contributed by atoms with Crippen LogP contribution in [-0.2, 0) is 0 Å². The van der Waals surface area contributed by atoms with Crippen LogP contribution in [0.1, 0.15) is 45.4 Å². The van der Waals surface area contributed by atoms with E-state index >= 15 is 0 Å². The molecule has 1 aliphatic heterocycles. The lowest BCUT2D eigenvalue weighted by Crippen LogP contribution is -2.31. The molecule has 1 aliphatic rings. The van der Waals surface area contributed by atoms with Crippen molar-refractivity contribution in [2.45, 2.75) is 18.9 Å². The highest BCUT2D eigenvalue weighted by Crippen LogP contribution is 2.34. The Morgan fingerprint density at radius 3 is 2.67 bits per heavy atom. The number of benzene rings is 1. The van der Waals surface area contributed by atoms with Crippen molar-refractivity contribution in [3.8, 4) is 5.75 Å². The molecular weight excluding hydrogens is 310 g/mol. The summed E-state index contributed by atoms with van der Waals surface area (Å²) in [5, 5.41) is 8.86. The third-order valence-corrected chi connectivity index (χ3v) is 4.08. The first-order valence-corrected chi connectivity index (χ1v) is 7.60. The molecule has 1 aromatic carbocycles. The molecule has 2 aromatic rings. The van der Waals surface area contributed by atoms with E-state index in [9.17, 15) is 9.59 Å². The summed E-state index contributed by atoms with van der Waals surface area (Å²) in [6, 6.07) is 7.61. The molecule has 1 unspecified atom stereocenters. The molecule has 0 aliphatic carbocycles. The van der Waals surface area contributed by atoms with Gasteiger partial charge < -0.3 is 14.7 Å². The molecule has 1 fully saturated rings. The van der Waals surface area contributed by atoms with Crippen molar-refractivity contribution in [3.05, 3.63) is 53.6 Å². The molecule has 1 aromatic heterocycles. The molecule has 1 amide bonds. The number of aromatic carboxylic acids is 1. The Balaban J connectivity index is 1.84. The maximum Gasteiger partial charge on any atom is 0.356 e. The molecule has 0 spiro atoms. The number of nitrogens with zero attached hydrogens (tertiary/aromatic N) is 3. The van der Waals surface area contributed by atoms with Crippen molar-refractivity contribution in [2.75, 3.05) is 13.7 Å². The second kappa shape index (κ2) is 6.66. The molecule has 2 heterocycles. The summed E-state index contributed by atoms with van der Waals surface area (Å²) in [5.41, 5.74) is 0.974. The second-order valence-corrected chi connectivity index (χ2v) is 5.53. The quantitative estimate of drug-likeness (QED) is 0.925. The molecule has 0 radical (unpaired) electrons. The van der Waals surface area contributed by atoms with Crippen molar-refractivity contribution in [3.63, 3.8) is 0 Å². The maximum absolute atomic E-state index is 12.7. The fraction of sp³-hybridized carbons (Fsp3) is 0.294. The van der Waals surface area contributed by atoms with E-state index < -0.39 is 5.97 Å². The van der Waals surface area contributed by atoms with Gasteiger partial charge in [-0.2, -0.15) is 0 Å². The van der Waals surface area contributed by atoms with Crippen LogP contribution < -0.4 is 4.74 Å². The van der Waals surface area contributed by atoms with Crippen LogP contribution in [0.2, 0.25) is 0 Å². The molecule has 7 nitrogen and oxygen atoms in total. The van der Waals surface area contributed by atoms with Crippen LogP contribution in [0.5, 0.6) is 5.75 Å². The Bertz CT molecular complexity index is 761. The van der Waals surface area contributed by atoms with Crippen LogP contribution in [0.3, 0.4) is 0 Å². The number of carboxylic acid groups (broad SMARTS) is 1. The molecule has 1 N–H and O–H groups in total. The standard InChI is InChI=1S/C17H17N3O4/c1-24-12-5-2-4-11(8-12)15-6-3-7-20(15)16(21)13-9-19-14(10-18-13)17(22)23/h2,4-5,8-10,15H,3,6-7H2,1H3,(H,22,23). The lowest BCUT2D eigenvalue weighted by atomic mass is 10.0. The second-order valence-electron chi connectivity index (χ2n) is 5.53. The molecule has 24 heavy (non-hydrogen) atoms. The number of carboxylic acids is 1. The highest BCUT2D eigenvalue weighted by Gasteiger charge is 2.31. The minimum atomic E-state index is -1.17. The van der Waals surface area contributed by atoms with Gasteiger partial charge in [-0.05, 0) is 30.5 Å². The Kier molecular flexibility index (Phi) is 4.41. The van der Waals surface area contributed by atoms with E-state index in [-0.39, 0.29) is 23.3 Å². The third-order valence-electron chi connectivity index (χ3n) is 4.08. The van der Waals surface area contributed by atoms with Crippen molar-refractivity contribution in [2.24, 2.45) is 0 Å². The van der Waals surface area contributed by atoms with E-state index in [2.05, 4.69) is 9.97 Å². The maximum atomic E-state index is 12.7. The zero-order valence-corrected chi connectivity index (χ0v) is 13.2. The van der Waals surface area contributed by atoms with Gasteiger partial charge in [-0.25, -0.2) is 14.8 Å². The zero-order chi connectivity index (χ0) is 17.1. The summed E-state index contributed by atoms with van der Waals surface area (Å²) in [5.74, 6) is -0.668. The molecule has 7 heteroatoms. The lowest BCUT2D eigenvalue weighted by molar-refractivity contribution is 0.0683. The summed E-state index contributed by atoms with van der Waals surface area (Å²) < 4.78 is 5.25. The highest BCUT2D eigenvalue weighted by molar-refractivity contribution is 5.93. The van der Waals surface area contributed by atoms with Crippen molar-refractivity contribution >= 4 is 11.9 Å². The topological polar surface area (TPSA) is 92.6 Å². The average molecular weight is 327 g/mol. The monoisotopic (exact) mass is 327 g/mol. The Labute approximate surface area is 138 Å². The summed E-state index contributed by atoms with van der Waals surface area (Å²) in [6.45, 7) is 0.628. The number of carbonyl (C=O) groups excluding carboxylic acids is 1. The van der Waals surface area contributed by atoms with Gasteiger partial charge in [0.2, 0.25) is 0 Å². The van der Waals surface area contributed by atoms with Gasteiger partial charge in [-0.3, -0.25) is 4.79 Å². The molecular formula is C17H17N3O4. The Morgan fingerprint density at radius 1 is 1.25 bits per heavy atom. The predicted octanol–water partition coefficient (Wildman–Crippen LogP) is 2.16. The van der Waals surface area contributed by atoms with Gasteiger partial charge in [0.15, 0.2) is 5.69 Å². The minimum Gasteiger partial charge on any atom is -0.497 e. The van der Waals surface area contributed by atoms with E-state index in [1.165, 1.54) is 6.20 Å². The number of aromatic nitrogens is 2. The third kappa shape index (κ3) is 3.05. The first kappa shape index (κ1) is 15.9. The van der Waals surface area contributed by atoms with Crippen LogP contribution in [-0.4, -0.2) is 45.5 Å². The number of ether oxygens (including phenoxy) is 1. The number of hydrogen-bond donors (Lipinski definition) is 1. The van der Waals surface area contributed by atoms with E-state index in [1.54, 1.807) is 12.0 Å². The van der Waals surface area contributed by atoms with Gasteiger partial charge in [-0.1, -0.05) is 12.1 Å². The lowest BCUT2D eigenvalue weighted by Gasteiger charge is -2.25. The normalized spacial score (nSPS) is 16.9. The number of methoxy groups -OCH3 is 1. The van der Waals surface area contributed by atoms with E-state index in [0.717, 1.165) is 30.4 Å². The Morgan fingerprint density at radius 2 is 2.00 bits per heavy atom. The molecule has 3 rings (SSSR count). The van der Waals surface area contributed by atoms with E-state index in [1.807, 2.05) is 24.3 Å². The van der Waals surface area contributed by atoms with Crippen LogP contribution in [0.15, 0.2) is 36.7 Å². The summed E-state index contributed by atoms with van der Waals surface area (Å²) in [4.78, 5) is 33.0. The number of rotatable bonds is 4. The number of likely N-dealkylation sites (tertiary alicyclic amines) is 1. The van der Waals surface area contributed by atoms with Crippen molar-refractivity contribution in [1.29, 1.82) is 0 Å². The van der Waals surface area contributed by atoms with Crippen LogP contribution in [0.4, 0.5) is 0 Å². The minimum absolute atomic E-state index is 0.0476. The van der Waals surface area contributed by atoms with Crippen molar-refractivity contribution in [1.82, 2.24) is 14.9 Å². The highest BCUT2D eigenvalue weighted by atomic mass is 16.5. The van der Waals surface area contributed by atoms with Gasteiger partial charge in [0.25, 0.3) is 5.91 Å². The van der Waals surface area contributed by atoms with Gasteiger partial charge >= 0.3 is 5.97 Å². The molecule has 1 saturated heterocycles. The fourth-order valence-corrected chi connectivity index (χ4v) is 2.90. The van der Waals surface area contributed by atoms with Crippen LogP contribution in [0.25, 0.3) is 0 Å². The van der Waals surface area contributed by atoms with Crippen molar-refractivity contribution < 1.29 is 19.4 Å². The molecule has 0 saturated carbocycles. The molecule has 124 valence electrons. The van der Waals surface area contributed by atoms with Gasteiger partial charge in [-0.15, -0.1) is 0 Å². The largest absolute Gasteiger partial charge is 0.497 e.